The van der Waals surface area contributed by atoms with Crippen molar-refractivity contribution >= 4 is 29.4 Å². The fourth-order valence-electron chi connectivity index (χ4n) is 1.10. The second kappa shape index (κ2) is 8.15. The molecular weight excluding hydrogens is 230 g/mol. The molecule has 0 aliphatic rings. The minimum absolute atomic E-state index is 0.202. The summed E-state index contributed by atoms with van der Waals surface area (Å²) in [5, 5.41) is 2.49. The van der Waals surface area contributed by atoms with E-state index < -0.39 is 17.9 Å². The number of ether oxygens (including phenoxy) is 1. The molecule has 0 bridgehead atoms. The van der Waals surface area contributed by atoms with Crippen LogP contribution in [-0.4, -0.2) is 42.8 Å². The molecular formula is C10H17NO4S. The number of thioether (sulfide) groups is 1. The third kappa shape index (κ3) is 6.44. The second-order valence-electron chi connectivity index (χ2n) is 3.30. The first kappa shape index (κ1) is 15.0. The summed E-state index contributed by atoms with van der Waals surface area (Å²) in [6.45, 7) is 1.33. The minimum atomic E-state index is -0.663. The zero-order valence-corrected chi connectivity index (χ0v) is 10.6. The molecule has 5 nitrogen and oxygen atoms in total. The van der Waals surface area contributed by atoms with E-state index in [2.05, 4.69) is 10.1 Å². The molecule has 0 radical (unpaired) electrons. The van der Waals surface area contributed by atoms with Crippen LogP contribution in [0, 0.1) is 0 Å². The molecule has 0 aromatic rings. The van der Waals surface area contributed by atoms with Crippen molar-refractivity contribution in [2.24, 2.45) is 0 Å². The molecule has 0 heterocycles. The molecule has 0 fully saturated rings. The van der Waals surface area contributed by atoms with E-state index in [1.54, 1.807) is 11.8 Å². The first-order valence-electron chi connectivity index (χ1n) is 4.86. The van der Waals surface area contributed by atoms with Gasteiger partial charge >= 0.3 is 5.97 Å². The van der Waals surface area contributed by atoms with Gasteiger partial charge in [-0.25, -0.2) is 4.79 Å². The number of carbonyl (C=O) groups is 3. The normalized spacial score (nSPS) is 11.7. The largest absolute Gasteiger partial charge is 0.467 e. The van der Waals surface area contributed by atoms with Gasteiger partial charge in [0.2, 0.25) is 5.91 Å². The third-order valence-electron chi connectivity index (χ3n) is 1.84. The van der Waals surface area contributed by atoms with Crippen molar-refractivity contribution in [1.82, 2.24) is 5.32 Å². The maximum atomic E-state index is 11.3. The summed E-state index contributed by atoms with van der Waals surface area (Å²) < 4.78 is 4.57. The average molecular weight is 247 g/mol. The first-order valence-corrected chi connectivity index (χ1v) is 6.26. The highest BCUT2D eigenvalue weighted by Crippen LogP contribution is 2.02. The van der Waals surface area contributed by atoms with E-state index >= 15 is 0 Å². The average Bonchev–Trinajstić information content (AvgIpc) is 2.21. The van der Waals surface area contributed by atoms with E-state index in [-0.39, 0.29) is 12.2 Å². The number of amides is 1. The highest BCUT2D eigenvalue weighted by Gasteiger charge is 2.21. The van der Waals surface area contributed by atoms with Gasteiger partial charge in [0.15, 0.2) is 0 Å². The third-order valence-corrected chi connectivity index (χ3v) is 2.49. The molecule has 0 aromatic carbocycles. The molecule has 0 saturated carbocycles. The van der Waals surface area contributed by atoms with Crippen molar-refractivity contribution in [3.8, 4) is 0 Å². The predicted molar refractivity (Wildman–Crippen MR) is 62.2 cm³/mol. The van der Waals surface area contributed by atoms with Gasteiger partial charge in [0, 0.05) is 0 Å². The lowest BCUT2D eigenvalue weighted by atomic mass is 10.2. The van der Waals surface area contributed by atoms with Crippen LogP contribution < -0.4 is 5.32 Å². The number of Topliss-reactive ketones (excluding diaryl/α,β-unsaturated/α-hetero) is 1. The van der Waals surface area contributed by atoms with E-state index in [1.165, 1.54) is 14.0 Å². The number of carbonyl (C=O) groups excluding carboxylic acids is 3. The Morgan fingerprint density at radius 2 is 2.00 bits per heavy atom. The molecule has 0 rings (SSSR count). The van der Waals surface area contributed by atoms with Crippen LogP contribution in [-0.2, 0) is 19.1 Å². The Bertz CT molecular complexity index is 268. The van der Waals surface area contributed by atoms with E-state index in [4.69, 9.17) is 0 Å². The summed E-state index contributed by atoms with van der Waals surface area (Å²) in [5.41, 5.74) is 0. The number of ketones is 1. The van der Waals surface area contributed by atoms with Crippen molar-refractivity contribution in [3.63, 3.8) is 0 Å². The Labute approximate surface area is 99.3 Å². The molecule has 0 aliphatic carbocycles. The van der Waals surface area contributed by atoms with Crippen molar-refractivity contribution in [2.45, 2.75) is 25.8 Å². The van der Waals surface area contributed by atoms with E-state index in [9.17, 15) is 14.4 Å². The van der Waals surface area contributed by atoms with Crippen molar-refractivity contribution in [2.75, 3.05) is 19.1 Å². The molecule has 16 heavy (non-hydrogen) atoms. The van der Waals surface area contributed by atoms with Gasteiger partial charge in [-0.2, -0.15) is 11.8 Å². The summed E-state index contributed by atoms with van der Waals surface area (Å²) in [6, 6.07) is -0.663. The summed E-state index contributed by atoms with van der Waals surface area (Å²) in [7, 11) is 1.27. The van der Waals surface area contributed by atoms with Gasteiger partial charge in [-0.05, 0) is 25.4 Å². The topological polar surface area (TPSA) is 72.5 Å². The van der Waals surface area contributed by atoms with Gasteiger partial charge in [-0.3, -0.25) is 9.59 Å². The Kier molecular flexibility index (Phi) is 7.62. The number of hydrogen-bond donors (Lipinski definition) is 1. The van der Waals surface area contributed by atoms with Gasteiger partial charge in [-0.1, -0.05) is 0 Å². The van der Waals surface area contributed by atoms with Crippen molar-refractivity contribution < 1.29 is 19.1 Å². The van der Waals surface area contributed by atoms with Crippen molar-refractivity contribution in [3.05, 3.63) is 0 Å². The molecule has 0 spiro atoms. The van der Waals surface area contributed by atoms with E-state index in [1.807, 2.05) is 6.26 Å². The molecule has 1 N–H and O–H groups in total. The molecule has 6 heteroatoms. The molecule has 92 valence electrons. The summed E-state index contributed by atoms with van der Waals surface area (Å²) >= 11 is 1.57. The van der Waals surface area contributed by atoms with Crippen LogP contribution in [0.4, 0.5) is 0 Å². The fraction of sp³-hybridized carbons (Fsp3) is 0.700. The number of hydrogen-bond acceptors (Lipinski definition) is 5. The molecule has 0 aromatic heterocycles. The van der Waals surface area contributed by atoms with E-state index in [0.29, 0.717) is 6.42 Å². The van der Waals surface area contributed by atoms with Crippen LogP contribution in [0.3, 0.4) is 0 Å². The fourth-order valence-corrected chi connectivity index (χ4v) is 1.57. The molecule has 0 unspecified atom stereocenters. The molecule has 0 saturated heterocycles. The number of methoxy groups -OCH3 is 1. The second-order valence-corrected chi connectivity index (χ2v) is 4.29. The molecule has 1 atom stereocenters. The quantitative estimate of drug-likeness (QED) is 0.520. The van der Waals surface area contributed by atoms with Crippen LogP contribution in [0.25, 0.3) is 0 Å². The van der Waals surface area contributed by atoms with Crippen LogP contribution in [0.15, 0.2) is 0 Å². The summed E-state index contributed by atoms with van der Waals surface area (Å²) in [5.74, 6) is -0.416. The maximum Gasteiger partial charge on any atom is 0.328 e. The lowest BCUT2D eigenvalue weighted by Gasteiger charge is -2.15. The van der Waals surface area contributed by atoms with Crippen LogP contribution in [0.1, 0.15) is 19.8 Å². The van der Waals surface area contributed by atoms with Gasteiger partial charge in [0.1, 0.15) is 11.8 Å². The van der Waals surface area contributed by atoms with Crippen molar-refractivity contribution in [1.29, 1.82) is 0 Å². The predicted octanol–water partition coefficient (Wildman–Crippen LogP) is 0.376. The highest BCUT2D eigenvalue weighted by atomic mass is 32.2. The van der Waals surface area contributed by atoms with Crippen LogP contribution >= 0.6 is 11.8 Å². The Morgan fingerprint density at radius 1 is 1.38 bits per heavy atom. The van der Waals surface area contributed by atoms with Gasteiger partial charge in [0.05, 0.1) is 13.5 Å². The molecule has 1 amide bonds. The number of nitrogens with one attached hydrogen (secondary N) is 1. The summed E-state index contributed by atoms with van der Waals surface area (Å²) in [6.07, 6.45) is 2.20. The maximum absolute atomic E-state index is 11.3. The number of rotatable bonds is 7. The molecule has 0 aliphatic heterocycles. The Hall–Kier alpha value is -1.04. The smallest absolute Gasteiger partial charge is 0.328 e. The van der Waals surface area contributed by atoms with Crippen LogP contribution in [0.5, 0.6) is 0 Å². The first-order chi connectivity index (χ1) is 7.51. The Morgan fingerprint density at radius 3 is 2.44 bits per heavy atom. The highest BCUT2D eigenvalue weighted by molar-refractivity contribution is 7.98. The van der Waals surface area contributed by atoms with Gasteiger partial charge in [-0.15, -0.1) is 0 Å². The monoisotopic (exact) mass is 247 g/mol. The lowest BCUT2D eigenvalue weighted by Crippen LogP contribution is -2.42. The number of esters is 1. The zero-order valence-electron chi connectivity index (χ0n) is 9.74. The van der Waals surface area contributed by atoms with E-state index in [0.717, 1.165) is 5.75 Å². The van der Waals surface area contributed by atoms with Gasteiger partial charge in [0.25, 0.3) is 0 Å². The zero-order chi connectivity index (χ0) is 12.6. The van der Waals surface area contributed by atoms with Gasteiger partial charge < -0.3 is 10.1 Å². The summed E-state index contributed by atoms with van der Waals surface area (Å²) in [4.78, 5) is 33.3. The lowest BCUT2D eigenvalue weighted by molar-refractivity contribution is -0.145. The standard InChI is InChI=1S/C10H17NO4S/c1-7(12)6-9(13)11-8(4-5-16-3)10(14)15-2/h8H,4-6H2,1-3H3,(H,11,13)/t8-/m0/s1. The SMILES string of the molecule is COC(=O)[C@H](CCSC)NC(=O)CC(C)=O. The minimum Gasteiger partial charge on any atom is -0.467 e. The van der Waals surface area contributed by atoms with Crippen LogP contribution in [0.2, 0.25) is 0 Å². The Balaban J connectivity index is 4.24.